The molecule has 0 aromatic rings. The molecule has 0 aliphatic heterocycles. The fourth-order valence-electron chi connectivity index (χ4n) is 6.61. The third-order valence-electron chi connectivity index (χ3n) is 10.4. The highest BCUT2D eigenvalue weighted by molar-refractivity contribution is 5.70. The minimum absolute atomic E-state index is 0.127. The molecule has 348 valence electrons. The summed E-state index contributed by atoms with van der Waals surface area (Å²) in [5.41, 5.74) is 0. The van der Waals surface area contributed by atoms with Crippen molar-refractivity contribution in [1.29, 1.82) is 0 Å². The predicted molar refractivity (Wildman–Crippen MR) is 246 cm³/mol. The van der Waals surface area contributed by atoms with Gasteiger partial charge < -0.3 is 33.3 Å². The van der Waals surface area contributed by atoms with Crippen LogP contribution in [0.2, 0.25) is 0 Å². The number of carboxylic acid groups (broad SMARTS) is 1. The van der Waals surface area contributed by atoms with Gasteiger partial charge in [-0.3, -0.25) is 9.59 Å². The number of rotatable bonds is 44. The molecule has 0 saturated heterocycles. The van der Waals surface area contributed by atoms with Crippen LogP contribution in [0.3, 0.4) is 0 Å². The molecule has 2 atom stereocenters. The van der Waals surface area contributed by atoms with Gasteiger partial charge in [-0.15, -0.1) is 0 Å². The molecule has 0 aromatic heterocycles. The second-order valence-electron chi connectivity index (χ2n) is 17.4. The van der Waals surface area contributed by atoms with Gasteiger partial charge >= 0.3 is 11.9 Å². The summed E-state index contributed by atoms with van der Waals surface area (Å²) in [7, 11) is 5.89. The molecule has 0 aliphatic rings. The maximum absolute atomic E-state index is 12.7. The average Bonchev–Trinajstić information content (AvgIpc) is 3.21. The summed E-state index contributed by atoms with van der Waals surface area (Å²) in [6, 6.07) is 0. The fourth-order valence-corrected chi connectivity index (χ4v) is 6.61. The summed E-state index contributed by atoms with van der Waals surface area (Å²) in [5, 5.41) is 11.7. The summed E-state index contributed by atoms with van der Waals surface area (Å²) in [5.74, 6) is -2.39. The van der Waals surface area contributed by atoms with Crippen molar-refractivity contribution in [1.82, 2.24) is 0 Å². The van der Waals surface area contributed by atoms with E-state index in [1.807, 2.05) is 33.3 Å². The Bertz CT molecular complexity index is 1120. The number of hydrogen-bond donors (Lipinski definition) is 0. The van der Waals surface area contributed by atoms with Crippen LogP contribution in [0.1, 0.15) is 200 Å². The highest BCUT2D eigenvalue weighted by atomic mass is 16.7. The number of ether oxygens (including phenoxy) is 4. The van der Waals surface area contributed by atoms with E-state index < -0.39 is 24.3 Å². The van der Waals surface area contributed by atoms with Crippen molar-refractivity contribution < 1.29 is 42.9 Å². The molecule has 60 heavy (non-hydrogen) atoms. The van der Waals surface area contributed by atoms with Crippen LogP contribution >= 0.6 is 0 Å². The van der Waals surface area contributed by atoms with Gasteiger partial charge in [0.2, 0.25) is 0 Å². The first-order chi connectivity index (χ1) is 29.1. The number of carboxylic acids is 1. The molecular weight excluding hydrogens is 755 g/mol. The first kappa shape index (κ1) is 57.2. The molecule has 0 amide bonds. The summed E-state index contributed by atoms with van der Waals surface area (Å²) >= 11 is 0. The second kappa shape index (κ2) is 42.9. The van der Waals surface area contributed by atoms with Crippen molar-refractivity contribution in [2.24, 2.45) is 0 Å². The Morgan fingerprint density at radius 1 is 0.517 bits per heavy atom. The fraction of sp³-hybridized carbons (Fsp3) is 0.784. The molecule has 0 radical (unpaired) electrons. The van der Waals surface area contributed by atoms with Crippen LogP contribution in [0.5, 0.6) is 0 Å². The summed E-state index contributed by atoms with van der Waals surface area (Å²) in [4.78, 5) is 37.0. The van der Waals surface area contributed by atoms with Crippen LogP contribution in [0.25, 0.3) is 0 Å². The topological polar surface area (TPSA) is 111 Å². The van der Waals surface area contributed by atoms with Crippen LogP contribution < -0.4 is 5.11 Å². The molecule has 0 fully saturated rings. The van der Waals surface area contributed by atoms with E-state index in [9.17, 15) is 19.5 Å². The number of nitrogens with zero attached hydrogens (tertiary/aromatic N) is 1. The van der Waals surface area contributed by atoms with Crippen LogP contribution in [0.15, 0.2) is 48.6 Å². The molecule has 9 nitrogen and oxygen atoms in total. The summed E-state index contributed by atoms with van der Waals surface area (Å²) < 4.78 is 22.5. The second-order valence-corrected chi connectivity index (χ2v) is 17.4. The first-order valence-corrected chi connectivity index (χ1v) is 24.3. The van der Waals surface area contributed by atoms with Crippen molar-refractivity contribution in [3.8, 4) is 0 Å². The largest absolute Gasteiger partial charge is 0.545 e. The van der Waals surface area contributed by atoms with Gasteiger partial charge in [-0.1, -0.05) is 197 Å². The molecule has 0 aromatic carbocycles. The summed E-state index contributed by atoms with van der Waals surface area (Å²) in [6.45, 7) is 4.55. The molecule has 0 rings (SSSR count). The Morgan fingerprint density at radius 3 is 1.38 bits per heavy atom. The maximum Gasteiger partial charge on any atom is 0.306 e. The lowest BCUT2D eigenvalue weighted by Gasteiger charge is -2.26. The third kappa shape index (κ3) is 43.3. The van der Waals surface area contributed by atoms with Gasteiger partial charge in [0.1, 0.15) is 13.2 Å². The molecule has 0 spiro atoms. The van der Waals surface area contributed by atoms with E-state index in [2.05, 4.69) is 50.3 Å². The van der Waals surface area contributed by atoms with Gasteiger partial charge in [0.25, 0.3) is 0 Å². The minimum Gasteiger partial charge on any atom is -0.545 e. The van der Waals surface area contributed by atoms with E-state index >= 15 is 0 Å². The highest BCUT2D eigenvalue weighted by Crippen LogP contribution is 2.16. The molecule has 9 heteroatoms. The molecule has 0 N–H and O–H groups in total. The monoisotopic (exact) mass is 846 g/mol. The van der Waals surface area contributed by atoms with Gasteiger partial charge in [-0.2, -0.15) is 0 Å². The number of allylic oxidation sites excluding steroid dienone is 8. The Morgan fingerprint density at radius 2 is 0.950 bits per heavy atom. The molecule has 0 heterocycles. The van der Waals surface area contributed by atoms with E-state index in [-0.39, 0.29) is 38.6 Å². The molecule has 0 bridgehead atoms. The number of carbonyl (C=O) groups excluding carboxylic acids is 3. The number of likely N-dealkylation sites (N-methyl/N-ethyl adjacent to an activating group) is 1. The number of carbonyl (C=O) groups is 3. The van der Waals surface area contributed by atoms with Gasteiger partial charge in [0.15, 0.2) is 12.4 Å². The van der Waals surface area contributed by atoms with Crippen LogP contribution in [0, 0.1) is 0 Å². The van der Waals surface area contributed by atoms with Crippen LogP contribution in [-0.4, -0.2) is 82.3 Å². The third-order valence-corrected chi connectivity index (χ3v) is 10.4. The van der Waals surface area contributed by atoms with Gasteiger partial charge in [-0.05, 0) is 38.5 Å². The highest BCUT2D eigenvalue weighted by Gasteiger charge is 2.21. The van der Waals surface area contributed by atoms with Gasteiger partial charge in [0, 0.05) is 12.8 Å². The first-order valence-electron chi connectivity index (χ1n) is 24.3. The normalized spacial score (nSPS) is 13.3. The molecule has 2 unspecified atom stereocenters. The minimum atomic E-state index is -1.64. The number of hydrogen-bond acceptors (Lipinski definition) is 8. The maximum atomic E-state index is 12.7. The van der Waals surface area contributed by atoms with Crippen molar-refractivity contribution in [2.75, 3.05) is 47.5 Å². The Hall–Kier alpha value is -2.75. The standard InChI is InChI=1S/C51H91NO8/c1-6-8-10-12-14-16-18-20-21-22-23-24-25-26-27-28-30-31-33-35-37-39-41-48(53)58-45-47(46-59-51(50(55)56)57-44-43-52(3,4)5)60-49(54)42-40-38-36-34-32-29-19-17-15-13-11-9-7-2/h9,11,15,17,29,32,36,38,47,51H,6-8,10,12-14,16,18-28,30-31,33-35,37,39-46H2,1-5H3/b11-9-,17-15-,32-29-,38-36-. The smallest absolute Gasteiger partial charge is 0.306 e. The Labute approximate surface area is 368 Å². The lowest BCUT2D eigenvalue weighted by Crippen LogP contribution is -2.44. The lowest BCUT2D eigenvalue weighted by atomic mass is 10.0. The van der Waals surface area contributed by atoms with Crippen LogP contribution in [-0.2, 0) is 33.3 Å². The zero-order chi connectivity index (χ0) is 44.2. The van der Waals surface area contributed by atoms with E-state index in [0.717, 1.165) is 44.9 Å². The van der Waals surface area contributed by atoms with Crippen molar-refractivity contribution in [3.05, 3.63) is 48.6 Å². The zero-order valence-corrected chi connectivity index (χ0v) is 39.3. The molecular formula is C51H91NO8. The number of esters is 2. The Kier molecular flexibility index (Phi) is 41.0. The summed E-state index contributed by atoms with van der Waals surface area (Å²) in [6.07, 6.45) is 47.5. The van der Waals surface area contributed by atoms with E-state index in [1.54, 1.807) is 0 Å². The molecule has 0 aliphatic carbocycles. The average molecular weight is 846 g/mol. The quantitative estimate of drug-likeness (QED) is 0.0196. The van der Waals surface area contributed by atoms with Crippen LogP contribution in [0.4, 0.5) is 0 Å². The van der Waals surface area contributed by atoms with Gasteiger partial charge in [0.05, 0.1) is 40.3 Å². The van der Waals surface area contributed by atoms with Crippen molar-refractivity contribution in [3.63, 3.8) is 0 Å². The van der Waals surface area contributed by atoms with Gasteiger partial charge in [-0.25, -0.2) is 0 Å². The van der Waals surface area contributed by atoms with Crippen molar-refractivity contribution in [2.45, 2.75) is 212 Å². The SMILES string of the molecule is CC/C=C\C/C=C\C/C=C\C/C=C\CCC(=O)OC(COC(=O)CCCCCCCCCCCCCCCCCCCCCCCC)COC(OCC[N+](C)(C)C)C(=O)[O-]. The predicted octanol–water partition coefficient (Wildman–Crippen LogP) is 11.8. The Balaban J connectivity index is 4.34. The lowest BCUT2D eigenvalue weighted by molar-refractivity contribution is -0.870. The van der Waals surface area contributed by atoms with E-state index in [1.165, 1.54) is 122 Å². The van der Waals surface area contributed by atoms with Crippen molar-refractivity contribution >= 4 is 17.9 Å². The molecule has 0 saturated carbocycles. The number of quaternary nitrogens is 1. The number of unbranched alkanes of at least 4 members (excludes halogenated alkanes) is 21. The van der Waals surface area contributed by atoms with E-state index in [4.69, 9.17) is 18.9 Å². The zero-order valence-electron chi connectivity index (χ0n) is 39.3. The number of aliphatic carboxylic acids is 1. The van der Waals surface area contributed by atoms with E-state index in [0.29, 0.717) is 17.4 Å².